The molecule has 0 N–H and O–H groups in total. The third kappa shape index (κ3) is 3.30. The van der Waals surface area contributed by atoms with Gasteiger partial charge < -0.3 is 4.74 Å². The number of benzene rings is 4. The highest BCUT2D eigenvalue weighted by atomic mass is 79.9. The zero-order valence-electron chi connectivity index (χ0n) is 20.4. The number of fused-ring (bicyclic) bond motifs is 3. The summed E-state index contributed by atoms with van der Waals surface area (Å²) in [6, 6.07) is 30.6. The monoisotopic (exact) mass is 577 g/mol. The van der Waals surface area contributed by atoms with Gasteiger partial charge in [-0.2, -0.15) is 0 Å². The van der Waals surface area contributed by atoms with Crippen molar-refractivity contribution in [3.8, 4) is 11.1 Å². The summed E-state index contributed by atoms with van der Waals surface area (Å²) < 4.78 is 7.17. The number of ketones is 2. The number of rotatable bonds is 3. The number of amides is 2. The normalized spacial score (nSPS) is 23.0. The van der Waals surface area contributed by atoms with Crippen molar-refractivity contribution in [1.82, 2.24) is 0 Å². The highest BCUT2D eigenvalue weighted by Crippen LogP contribution is 2.57. The Morgan fingerprint density at radius 1 is 0.641 bits per heavy atom. The average molecular weight is 578 g/mol. The van der Waals surface area contributed by atoms with Crippen molar-refractivity contribution in [3.05, 3.63) is 124 Å². The zero-order chi connectivity index (χ0) is 26.9. The Hall–Kier alpha value is -4.20. The van der Waals surface area contributed by atoms with E-state index in [0.29, 0.717) is 11.3 Å². The molecule has 0 aromatic heterocycles. The minimum Gasteiger partial charge on any atom is -0.349 e. The van der Waals surface area contributed by atoms with Gasteiger partial charge in [-0.3, -0.25) is 19.2 Å². The lowest BCUT2D eigenvalue weighted by Gasteiger charge is -2.27. The zero-order valence-corrected chi connectivity index (χ0v) is 22.0. The SMILES string of the molecule is O=C1[C@H]2[C@@H](c3ccc(-c4ccccc4)cc3)OC3(C(=O)c4ccccc4C3=O)[C@@H]2C(=O)N1c1ccc(Br)cc1. The van der Waals surface area contributed by atoms with Crippen LogP contribution < -0.4 is 4.90 Å². The molecule has 0 unspecified atom stereocenters. The van der Waals surface area contributed by atoms with Gasteiger partial charge in [-0.25, -0.2) is 4.90 Å². The minimum atomic E-state index is -2.09. The number of anilines is 1. The van der Waals surface area contributed by atoms with Crippen LogP contribution in [0.5, 0.6) is 0 Å². The second-order valence-electron chi connectivity index (χ2n) is 9.96. The van der Waals surface area contributed by atoms with Gasteiger partial charge in [-0.15, -0.1) is 0 Å². The Labute approximate surface area is 232 Å². The average Bonchev–Trinajstić information content (AvgIpc) is 3.54. The van der Waals surface area contributed by atoms with E-state index < -0.39 is 46.9 Å². The number of hydrogen-bond acceptors (Lipinski definition) is 5. The van der Waals surface area contributed by atoms with Crippen molar-refractivity contribution in [2.45, 2.75) is 11.7 Å². The van der Waals surface area contributed by atoms with Crippen LogP contribution in [0.15, 0.2) is 108 Å². The third-order valence-electron chi connectivity index (χ3n) is 7.95. The van der Waals surface area contributed by atoms with Crippen LogP contribution in [0.2, 0.25) is 0 Å². The van der Waals surface area contributed by atoms with Gasteiger partial charge in [0, 0.05) is 15.6 Å². The van der Waals surface area contributed by atoms with Crippen molar-refractivity contribution in [3.63, 3.8) is 0 Å². The molecule has 0 radical (unpaired) electrons. The van der Waals surface area contributed by atoms with Crippen LogP contribution in [-0.2, 0) is 14.3 Å². The van der Waals surface area contributed by atoms with Gasteiger partial charge in [-0.05, 0) is 41.0 Å². The molecule has 6 nitrogen and oxygen atoms in total. The molecular weight excluding hydrogens is 558 g/mol. The molecule has 1 spiro atoms. The maximum atomic E-state index is 14.0. The first-order valence-electron chi connectivity index (χ1n) is 12.6. The number of nitrogens with zero attached hydrogens (tertiary/aromatic N) is 1. The number of Topliss-reactive ketones (excluding diaryl/α,β-unsaturated/α-hetero) is 2. The molecule has 7 rings (SSSR count). The van der Waals surface area contributed by atoms with E-state index in [-0.39, 0.29) is 11.1 Å². The number of ether oxygens (including phenoxy) is 1. The fourth-order valence-corrected chi connectivity index (χ4v) is 6.42. The van der Waals surface area contributed by atoms with Gasteiger partial charge in [0.05, 0.1) is 23.6 Å². The van der Waals surface area contributed by atoms with Gasteiger partial charge in [0.25, 0.3) is 0 Å². The van der Waals surface area contributed by atoms with E-state index in [1.165, 1.54) is 0 Å². The summed E-state index contributed by atoms with van der Waals surface area (Å²) in [5.41, 5.74) is 1.33. The highest BCUT2D eigenvalue weighted by Gasteiger charge is 2.74. The molecule has 0 saturated carbocycles. The summed E-state index contributed by atoms with van der Waals surface area (Å²) in [7, 11) is 0. The first-order valence-corrected chi connectivity index (χ1v) is 13.4. The van der Waals surface area contributed by atoms with Gasteiger partial charge >= 0.3 is 0 Å². The molecule has 1 aliphatic carbocycles. The quantitative estimate of drug-likeness (QED) is 0.227. The molecule has 0 bridgehead atoms. The van der Waals surface area contributed by atoms with Crippen LogP contribution in [0.3, 0.4) is 0 Å². The molecule has 2 amide bonds. The molecule has 3 atom stereocenters. The number of hydrogen-bond donors (Lipinski definition) is 0. The summed E-state index contributed by atoms with van der Waals surface area (Å²) in [5.74, 6) is -4.55. The van der Waals surface area contributed by atoms with E-state index in [1.807, 2.05) is 54.6 Å². The molecule has 3 aliphatic rings. The van der Waals surface area contributed by atoms with Gasteiger partial charge in [0.2, 0.25) is 29.0 Å². The summed E-state index contributed by atoms with van der Waals surface area (Å²) in [6.45, 7) is 0. The Balaban J connectivity index is 1.36. The fourth-order valence-electron chi connectivity index (χ4n) is 6.16. The van der Waals surface area contributed by atoms with E-state index in [0.717, 1.165) is 20.5 Å². The maximum Gasteiger partial charge on any atom is 0.241 e. The molecule has 190 valence electrons. The van der Waals surface area contributed by atoms with E-state index in [4.69, 9.17) is 4.74 Å². The fraction of sp³-hybridized carbons (Fsp3) is 0.125. The van der Waals surface area contributed by atoms with Crippen LogP contribution in [-0.4, -0.2) is 29.0 Å². The molecule has 39 heavy (non-hydrogen) atoms. The van der Waals surface area contributed by atoms with Crippen molar-refractivity contribution in [2.75, 3.05) is 4.90 Å². The predicted molar refractivity (Wildman–Crippen MR) is 147 cm³/mol. The highest BCUT2D eigenvalue weighted by molar-refractivity contribution is 9.10. The standard InChI is InChI=1S/C32H20BrNO5/c33-21-14-16-22(17-15-21)34-30(37)25-26(31(34)38)32(28(35)23-8-4-5-9-24(23)29(32)36)39-27(25)20-12-10-19(11-13-20)18-6-2-1-3-7-18/h1-17,25-27H/t25-,26+,27-/m1/s1. The lowest BCUT2D eigenvalue weighted by atomic mass is 9.77. The van der Waals surface area contributed by atoms with Gasteiger partial charge in [-0.1, -0.05) is 94.8 Å². The molecule has 4 aromatic carbocycles. The Morgan fingerprint density at radius 3 is 1.82 bits per heavy atom. The Morgan fingerprint density at radius 2 is 1.21 bits per heavy atom. The molecule has 2 saturated heterocycles. The van der Waals surface area contributed by atoms with Crippen molar-refractivity contribution >= 4 is 45.0 Å². The third-order valence-corrected chi connectivity index (χ3v) is 8.48. The lowest BCUT2D eigenvalue weighted by molar-refractivity contribution is -0.127. The van der Waals surface area contributed by atoms with Crippen LogP contribution in [0.25, 0.3) is 11.1 Å². The van der Waals surface area contributed by atoms with E-state index in [2.05, 4.69) is 15.9 Å². The molecule has 7 heteroatoms. The van der Waals surface area contributed by atoms with Crippen LogP contribution >= 0.6 is 15.9 Å². The number of carbonyl (C=O) groups is 4. The van der Waals surface area contributed by atoms with E-state index >= 15 is 0 Å². The van der Waals surface area contributed by atoms with Gasteiger partial charge in [0.15, 0.2) is 0 Å². The first-order chi connectivity index (χ1) is 18.9. The van der Waals surface area contributed by atoms with Gasteiger partial charge in [0.1, 0.15) is 0 Å². The van der Waals surface area contributed by atoms with E-state index in [9.17, 15) is 19.2 Å². The number of carbonyl (C=O) groups excluding carboxylic acids is 4. The molecule has 2 aliphatic heterocycles. The Bertz CT molecular complexity index is 1650. The van der Waals surface area contributed by atoms with Crippen molar-refractivity contribution < 1.29 is 23.9 Å². The Kier molecular flexibility index (Phi) is 5.30. The number of halogens is 1. The van der Waals surface area contributed by atoms with Crippen molar-refractivity contribution in [2.24, 2.45) is 11.8 Å². The maximum absolute atomic E-state index is 14.0. The summed E-state index contributed by atoms with van der Waals surface area (Å²) in [6.07, 6.45) is -0.959. The minimum absolute atomic E-state index is 0.212. The molecule has 2 fully saturated rings. The molecule has 4 aromatic rings. The smallest absolute Gasteiger partial charge is 0.241 e. The van der Waals surface area contributed by atoms with Crippen LogP contribution in [0, 0.1) is 11.8 Å². The lowest BCUT2D eigenvalue weighted by Crippen LogP contribution is -2.51. The predicted octanol–water partition coefficient (Wildman–Crippen LogP) is 5.81. The summed E-state index contributed by atoms with van der Waals surface area (Å²) in [5, 5.41) is 0. The first kappa shape index (κ1) is 23.9. The number of imide groups is 1. The largest absolute Gasteiger partial charge is 0.349 e. The topological polar surface area (TPSA) is 80.8 Å². The van der Waals surface area contributed by atoms with E-state index in [1.54, 1.807) is 48.5 Å². The van der Waals surface area contributed by atoms with Crippen molar-refractivity contribution in [1.29, 1.82) is 0 Å². The summed E-state index contributed by atoms with van der Waals surface area (Å²) >= 11 is 3.38. The van der Waals surface area contributed by atoms with Crippen LogP contribution in [0.4, 0.5) is 5.69 Å². The molecular formula is C32H20BrNO5. The summed E-state index contributed by atoms with van der Waals surface area (Å²) in [4.78, 5) is 56.9. The second-order valence-corrected chi connectivity index (χ2v) is 10.9. The van der Waals surface area contributed by atoms with Crippen LogP contribution in [0.1, 0.15) is 32.4 Å². The second kappa shape index (κ2) is 8.66. The molecule has 2 heterocycles.